The number of hydrogen-bond donors (Lipinski definition) is 1. The van der Waals surface area contributed by atoms with Gasteiger partial charge < -0.3 is 15.5 Å². The molecule has 2 aromatic heterocycles. The van der Waals surface area contributed by atoms with Crippen molar-refractivity contribution in [3.05, 3.63) is 53.5 Å². The normalized spacial score (nSPS) is 14.8. The highest BCUT2D eigenvalue weighted by Crippen LogP contribution is 2.20. The maximum absolute atomic E-state index is 12.6. The molecule has 3 rings (SSSR count). The largest absolute Gasteiger partial charge is 0.365 e. The molecule has 0 radical (unpaired) electrons. The van der Waals surface area contributed by atoms with Crippen molar-refractivity contribution in [3.63, 3.8) is 0 Å². The SMILES string of the molecule is Cc1ccc(C(N)=O)c(N2CCCN(C(=O)Cc3cccnc3)CC2)n1. The van der Waals surface area contributed by atoms with Gasteiger partial charge in [0.25, 0.3) is 5.91 Å². The smallest absolute Gasteiger partial charge is 0.252 e. The van der Waals surface area contributed by atoms with E-state index in [4.69, 9.17) is 5.73 Å². The minimum absolute atomic E-state index is 0.0900. The molecule has 2 amide bonds. The highest BCUT2D eigenvalue weighted by molar-refractivity contribution is 5.97. The summed E-state index contributed by atoms with van der Waals surface area (Å²) in [4.78, 5) is 36.8. The molecule has 7 nitrogen and oxygen atoms in total. The predicted octanol–water partition coefficient (Wildman–Crippen LogP) is 1.17. The van der Waals surface area contributed by atoms with Crippen LogP contribution in [-0.4, -0.2) is 52.9 Å². The fraction of sp³-hybridized carbons (Fsp3) is 0.368. The Labute approximate surface area is 152 Å². The molecular weight excluding hydrogens is 330 g/mol. The van der Waals surface area contributed by atoms with Gasteiger partial charge in [0.1, 0.15) is 5.82 Å². The Morgan fingerprint density at radius 3 is 2.73 bits per heavy atom. The van der Waals surface area contributed by atoms with Crippen molar-refractivity contribution in [1.29, 1.82) is 0 Å². The molecule has 26 heavy (non-hydrogen) atoms. The van der Waals surface area contributed by atoms with Gasteiger partial charge in [-0.1, -0.05) is 6.07 Å². The van der Waals surface area contributed by atoms with Crippen molar-refractivity contribution in [2.75, 3.05) is 31.1 Å². The fourth-order valence-corrected chi connectivity index (χ4v) is 3.14. The molecule has 136 valence electrons. The van der Waals surface area contributed by atoms with E-state index < -0.39 is 5.91 Å². The molecule has 1 aliphatic heterocycles. The van der Waals surface area contributed by atoms with Crippen molar-refractivity contribution in [1.82, 2.24) is 14.9 Å². The lowest BCUT2D eigenvalue weighted by atomic mass is 10.2. The molecule has 1 saturated heterocycles. The number of aryl methyl sites for hydroxylation is 1. The van der Waals surface area contributed by atoms with E-state index in [0.717, 1.165) is 24.2 Å². The van der Waals surface area contributed by atoms with Crippen LogP contribution in [0.3, 0.4) is 0 Å². The predicted molar refractivity (Wildman–Crippen MR) is 98.8 cm³/mol. The van der Waals surface area contributed by atoms with Gasteiger partial charge in [-0.05, 0) is 37.1 Å². The first kappa shape index (κ1) is 17.8. The average Bonchev–Trinajstić information content (AvgIpc) is 2.88. The van der Waals surface area contributed by atoms with E-state index >= 15 is 0 Å². The average molecular weight is 353 g/mol. The number of carbonyl (C=O) groups excluding carboxylic acids is 2. The zero-order valence-corrected chi connectivity index (χ0v) is 14.9. The highest BCUT2D eigenvalue weighted by Gasteiger charge is 2.23. The molecule has 0 atom stereocenters. The summed E-state index contributed by atoms with van der Waals surface area (Å²) in [5.41, 5.74) is 7.66. The molecule has 2 N–H and O–H groups in total. The number of aromatic nitrogens is 2. The van der Waals surface area contributed by atoms with Crippen LogP contribution in [0.25, 0.3) is 0 Å². The van der Waals surface area contributed by atoms with Crippen molar-refractivity contribution < 1.29 is 9.59 Å². The molecule has 0 aliphatic carbocycles. The molecule has 1 aliphatic rings. The van der Waals surface area contributed by atoms with E-state index in [2.05, 4.69) is 9.97 Å². The zero-order chi connectivity index (χ0) is 18.5. The fourth-order valence-electron chi connectivity index (χ4n) is 3.14. The van der Waals surface area contributed by atoms with Crippen LogP contribution in [0.5, 0.6) is 0 Å². The van der Waals surface area contributed by atoms with Crippen molar-refractivity contribution in [2.24, 2.45) is 5.73 Å². The Hall–Kier alpha value is -2.96. The van der Waals surface area contributed by atoms with Gasteiger partial charge in [0, 0.05) is 44.3 Å². The van der Waals surface area contributed by atoms with E-state index in [1.54, 1.807) is 24.5 Å². The standard InChI is InChI=1S/C19H23N5O2/c1-14-5-6-16(18(20)26)19(22-14)24-9-3-8-23(10-11-24)17(25)12-15-4-2-7-21-13-15/h2,4-7,13H,3,8-12H2,1H3,(H2,20,26). The number of rotatable bonds is 4. The first-order chi connectivity index (χ1) is 12.5. The molecule has 0 saturated carbocycles. The van der Waals surface area contributed by atoms with Crippen molar-refractivity contribution in [3.8, 4) is 0 Å². The molecule has 0 spiro atoms. The molecule has 7 heteroatoms. The number of nitrogens with zero attached hydrogens (tertiary/aromatic N) is 4. The lowest BCUT2D eigenvalue weighted by molar-refractivity contribution is -0.130. The number of anilines is 1. The maximum atomic E-state index is 12.6. The van der Waals surface area contributed by atoms with Crippen LogP contribution < -0.4 is 10.6 Å². The summed E-state index contributed by atoms with van der Waals surface area (Å²) in [5.74, 6) is 0.215. The van der Waals surface area contributed by atoms with Gasteiger partial charge in [0.15, 0.2) is 0 Å². The number of hydrogen-bond acceptors (Lipinski definition) is 5. The summed E-state index contributed by atoms with van der Waals surface area (Å²) in [7, 11) is 0. The van der Waals surface area contributed by atoms with Crippen LogP contribution in [0, 0.1) is 6.92 Å². The first-order valence-electron chi connectivity index (χ1n) is 8.73. The molecule has 0 bridgehead atoms. The lowest BCUT2D eigenvalue weighted by Crippen LogP contribution is -2.36. The number of primary amides is 1. The Kier molecular flexibility index (Phi) is 5.46. The van der Waals surface area contributed by atoms with E-state index in [0.29, 0.717) is 37.4 Å². The van der Waals surface area contributed by atoms with Gasteiger partial charge in [0.2, 0.25) is 5.91 Å². The second kappa shape index (κ2) is 7.95. The summed E-state index contributed by atoms with van der Waals surface area (Å²) in [6, 6.07) is 7.24. The lowest BCUT2D eigenvalue weighted by Gasteiger charge is -2.24. The van der Waals surface area contributed by atoms with Gasteiger partial charge in [-0.3, -0.25) is 14.6 Å². The third-order valence-electron chi connectivity index (χ3n) is 4.51. The molecule has 0 aromatic carbocycles. The minimum atomic E-state index is -0.485. The van der Waals surface area contributed by atoms with Crippen LogP contribution in [0.1, 0.15) is 28.0 Å². The van der Waals surface area contributed by atoms with Crippen molar-refractivity contribution >= 4 is 17.6 Å². The second-order valence-corrected chi connectivity index (χ2v) is 6.45. The summed E-state index contributed by atoms with van der Waals surface area (Å²) < 4.78 is 0. The highest BCUT2D eigenvalue weighted by atomic mass is 16.2. The summed E-state index contributed by atoms with van der Waals surface area (Å²) in [5, 5.41) is 0. The van der Waals surface area contributed by atoms with Gasteiger partial charge >= 0.3 is 0 Å². The monoisotopic (exact) mass is 353 g/mol. The number of amides is 2. The maximum Gasteiger partial charge on any atom is 0.252 e. The Morgan fingerprint density at radius 1 is 1.15 bits per heavy atom. The number of carbonyl (C=O) groups is 2. The van der Waals surface area contributed by atoms with Crippen LogP contribution in [0.4, 0.5) is 5.82 Å². The Balaban J connectivity index is 1.70. The summed E-state index contributed by atoms with van der Waals surface area (Å²) in [6.45, 7) is 4.51. The van der Waals surface area contributed by atoms with Crippen LogP contribution in [0.15, 0.2) is 36.7 Å². The topological polar surface area (TPSA) is 92.4 Å². The van der Waals surface area contributed by atoms with Crippen LogP contribution in [-0.2, 0) is 11.2 Å². The molecular formula is C19H23N5O2. The van der Waals surface area contributed by atoms with E-state index in [-0.39, 0.29) is 5.91 Å². The van der Waals surface area contributed by atoms with Gasteiger partial charge in [-0.25, -0.2) is 4.98 Å². The van der Waals surface area contributed by atoms with Crippen molar-refractivity contribution in [2.45, 2.75) is 19.8 Å². The molecule has 2 aromatic rings. The van der Waals surface area contributed by atoms with Gasteiger partial charge in [-0.2, -0.15) is 0 Å². The Morgan fingerprint density at radius 2 is 2.00 bits per heavy atom. The summed E-state index contributed by atoms with van der Waals surface area (Å²) in [6.07, 6.45) is 4.58. The van der Waals surface area contributed by atoms with E-state index in [1.165, 1.54) is 0 Å². The van der Waals surface area contributed by atoms with E-state index in [1.807, 2.05) is 28.9 Å². The summed E-state index contributed by atoms with van der Waals surface area (Å²) >= 11 is 0. The minimum Gasteiger partial charge on any atom is -0.365 e. The quantitative estimate of drug-likeness (QED) is 0.891. The zero-order valence-electron chi connectivity index (χ0n) is 14.9. The molecule has 1 fully saturated rings. The molecule has 3 heterocycles. The van der Waals surface area contributed by atoms with Crippen LogP contribution >= 0.6 is 0 Å². The Bertz CT molecular complexity index is 794. The number of nitrogens with two attached hydrogens (primary N) is 1. The molecule has 0 unspecified atom stereocenters. The first-order valence-corrected chi connectivity index (χ1v) is 8.73. The third-order valence-corrected chi connectivity index (χ3v) is 4.51. The third kappa shape index (κ3) is 4.17. The number of pyridine rings is 2. The van der Waals surface area contributed by atoms with Gasteiger partial charge in [-0.15, -0.1) is 0 Å². The van der Waals surface area contributed by atoms with Crippen LogP contribution in [0.2, 0.25) is 0 Å². The van der Waals surface area contributed by atoms with Gasteiger partial charge in [0.05, 0.1) is 12.0 Å². The second-order valence-electron chi connectivity index (χ2n) is 6.45. The van der Waals surface area contributed by atoms with E-state index in [9.17, 15) is 9.59 Å².